The summed E-state index contributed by atoms with van der Waals surface area (Å²) in [4.78, 5) is 14.2. The van der Waals surface area contributed by atoms with Gasteiger partial charge in [0.25, 0.3) is 5.91 Å². The molecule has 0 atom stereocenters. The molecule has 1 aromatic heterocycles. The van der Waals surface area contributed by atoms with Gasteiger partial charge in [-0.25, -0.2) is 0 Å². The molecule has 0 spiro atoms. The first-order valence-corrected chi connectivity index (χ1v) is 7.60. The summed E-state index contributed by atoms with van der Waals surface area (Å²) in [5, 5.41) is 13.9. The molecular formula is C15H27N5O. The number of nitrogens with one attached hydrogen (secondary N) is 2. The van der Waals surface area contributed by atoms with Gasteiger partial charge in [-0.1, -0.05) is 6.92 Å². The summed E-state index contributed by atoms with van der Waals surface area (Å²) >= 11 is 0. The van der Waals surface area contributed by atoms with Gasteiger partial charge in [0.1, 0.15) is 5.82 Å². The molecule has 118 valence electrons. The van der Waals surface area contributed by atoms with Crippen LogP contribution in [-0.2, 0) is 0 Å². The van der Waals surface area contributed by atoms with Gasteiger partial charge in [0.2, 0.25) is 0 Å². The number of aromatic nitrogens is 2. The minimum Gasteiger partial charge on any atom is -0.369 e. The SMILES string of the molecule is CCCNc1ccc(C(=O)NCCCN(C)C(C)C)nn1. The Kier molecular flexibility index (Phi) is 7.68. The predicted molar refractivity (Wildman–Crippen MR) is 85.5 cm³/mol. The van der Waals surface area contributed by atoms with Gasteiger partial charge in [-0.3, -0.25) is 4.79 Å². The molecule has 0 aliphatic heterocycles. The zero-order chi connectivity index (χ0) is 15.7. The molecule has 0 radical (unpaired) electrons. The van der Waals surface area contributed by atoms with Crippen molar-refractivity contribution in [3.63, 3.8) is 0 Å². The van der Waals surface area contributed by atoms with E-state index in [-0.39, 0.29) is 5.91 Å². The summed E-state index contributed by atoms with van der Waals surface area (Å²) in [6.07, 6.45) is 1.94. The maximum atomic E-state index is 11.9. The summed E-state index contributed by atoms with van der Waals surface area (Å²) in [5.74, 6) is 0.531. The molecule has 0 bridgehead atoms. The topological polar surface area (TPSA) is 70.2 Å². The quantitative estimate of drug-likeness (QED) is 0.679. The first-order chi connectivity index (χ1) is 10.0. The summed E-state index contributed by atoms with van der Waals surface area (Å²) in [7, 11) is 2.08. The molecule has 1 heterocycles. The molecule has 0 aromatic carbocycles. The van der Waals surface area contributed by atoms with E-state index < -0.39 is 0 Å². The Balaban J connectivity index is 2.31. The summed E-state index contributed by atoms with van der Waals surface area (Å²) in [5.41, 5.74) is 0.356. The Labute approximate surface area is 127 Å². The van der Waals surface area contributed by atoms with Crippen LogP contribution in [0.25, 0.3) is 0 Å². The standard InChI is InChI=1S/C15H27N5O/c1-5-9-16-14-8-7-13(18-19-14)15(21)17-10-6-11-20(4)12(2)3/h7-8,12H,5-6,9-11H2,1-4H3,(H,16,19)(H,17,21). The van der Waals surface area contributed by atoms with Gasteiger partial charge in [-0.2, -0.15) is 0 Å². The first kappa shape index (κ1) is 17.4. The highest BCUT2D eigenvalue weighted by atomic mass is 16.1. The van der Waals surface area contributed by atoms with E-state index in [1.54, 1.807) is 12.1 Å². The number of nitrogens with zero attached hydrogens (tertiary/aromatic N) is 3. The number of carbonyl (C=O) groups excluding carboxylic acids is 1. The lowest BCUT2D eigenvalue weighted by Crippen LogP contribution is -2.31. The van der Waals surface area contributed by atoms with E-state index in [2.05, 4.69) is 53.5 Å². The minimum absolute atomic E-state index is 0.170. The number of amides is 1. The number of hydrogen-bond acceptors (Lipinski definition) is 5. The highest BCUT2D eigenvalue weighted by molar-refractivity contribution is 5.92. The van der Waals surface area contributed by atoms with Gasteiger partial charge in [0.15, 0.2) is 5.69 Å². The lowest BCUT2D eigenvalue weighted by atomic mass is 10.3. The van der Waals surface area contributed by atoms with E-state index in [9.17, 15) is 4.79 Å². The van der Waals surface area contributed by atoms with E-state index in [0.29, 0.717) is 24.1 Å². The number of carbonyl (C=O) groups is 1. The zero-order valence-corrected chi connectivity index (χ0v) is 13.5. The summed E-state index contributed by atoms with van der Waals surface area (Å²) in [6.45, 7) is 8.85. The van der Waals surface area contributed by atoms with Gasteiger partial charge in [-0.15, -0.1) is 10.2 Å². The third-order valence-corrected chi connectivity index (χ3v) is 3.31. The van der Waals surface area contributed by atoms with Crippen molar-refractivity contribution in [1.82, 2.24) is 20.4 Å². The average Bonchev–Trinajstić information content (AvgIpc) is 2.49. The molecular weight excluding hydrogens is 266 g/mol. The van der Waals surface area contributed by atoms with Crippen LogP contribution in [0.5, 0.6) is 0 Å². The van der Waals surface area contributed by atoms with Crippen molar-refractivity contribution in [3.05, 3.63) is 17.8 Å². The van der Waals surface area contributed by atoms with Crippen molar-refractivity contribution < 1.29 is 4.79 Å². The van der Waals surface area contributed by atoms with E-state index >= 15 is 0 Å². The van der Waals surface area contributed by atoms with Gasteiger partial charge < -0.3 is 15.5 Å². The molecule has 2 N–H and O–H groups in total. The second kappa shape index (κ2) is 9.28. The van der Waals surface area contributed by atoms with Crippen LogP contribution < -0.4 is 10.6 Å². The van der Waals surface area contributed by atoms with E-state index in [1.807, 2.05) is 0 Å². The second-order valence-corrected chi connectivity index (χ2v) is 5.41. The Morgan fingerprint density at radius 2 is 2.05 bits per heavy atom. The van der Waals surface area contributed by atoms with Crippen molar-refractivity contribution in [2.45, 2.75) is 39.7 Å². The molecule has 0 aliphatic rings. The molecule has 6 heteroatoms. The summed E-state index contributed by atoms with van der Waals surface area (Å²) < 4.78 is 0. The smallest absolute Gasteiger partial charge is 0.271 e. The van der Waals surface area contributed by atoms with Crippen LogP contribution in [0.1, 0.15) is 44.1 Å². The molecule has 21 heavy (non-hydrogen) atoms. The van der Waals surface area contributed by atoms with Crippen molar-refractivity contribution in [2.75, 3.05) is 32.0 Å². The highest BCUT2D eigenvalue weighted by Crippen LogP contribution is 2.02. The lowest BCUT2D eigenvalue weighted by Gasteiger charge is -2.20. The maximum absolute atomic E-state index is 11.9. The fourth-order valence-corrected chi connectivity index (χ4v) is 1.68. The molecule has 1 rings (SSSR count). The minimum atomic E-state index is -0.170. The monoisotopic (exact) mass is 293 g/mol. The molecule has 1 amide bonds. The fourth-order valence-electron chi connectivity index (χ4n) is 1.68. The maximum Gasteiger partial charge on any atom is 0.271 e. The average molecular weight is 293 g/mol. The third kappa shape index (κ3) is 6.53. The Morgan fingerprint density at radius 3 is 2.62 bits per heavy atom. The van der Waals surface area contributed by atoms with Gasteiger partial charge in [0, 0.05) is 19.1 Å². The predicted octanol–water partition coefficient (Wildman–Crippen LogP) is 1.76. The third-order valence-electron chi connectivity index (χ3n) is 3.31. The largest absolute Gasteiger partial charge is 0.369 e. The molecule has 0 unspecified atom stereocenters. The summed E-state index contributed by atoms with van der Waals surface area (Å²) in [6, 6.07) is 4.00. The van der Waals surface area contributed by atoms with Crippen LogP contribution in [0, 0.1) is 0 Å². The molecule has 1 aromatic rings. The Hall–Kier alpha value is -1.69. The highest BCUT2D eigenvalue weighted by Gasteiger charge is 2.08. The normalized spacial score (nSPS) is 11.0. The van der Waals surface area contributed by atoms with Crippen LogP contribution in [0.2, 0.25) is 0 Å². The number of rotatable bonds is 9. The van der Waals surface area contributed by atoms with Crippen molar-refractivity contribution in [2.24, 2.45) is 0 Å². The Morgan fingerprint density at radius 1 is 1.29 bits per heavy atom. The fraction of sp³-hybridized carbons (Fsp3) is 0.667. The molecule has 0 saturated carbocycles. The first-order valence-electron chi connectivity index (χ1n) is 7.60. The zero-order valence-electron chi connectivity index (χ0n) is 13.5. The van der Waals surface area contributed by atoms with E-state index in [1.165, 1.54) is 0 Å². The van der Waals surface area contributed by atoms with Gasteiger partial charge in [0.05, 0.1) is 0 Å². The number of anilines is 1. The van der Waals surface area contributed by atoms with E-state index in [4.69, 9.17) is 0 Å². The van der Waals surface area contributed by atoms with Crippen LogP contribution >= 0.6 is 0 Å². The molecule has 6 nitrogen and oxygen atoms in total. The molecule has 0 fully saturated rings. The van der Waals surface area contributed by atoms with Crippen molar-refractivity contribution in [3.8, 4) is 0 Å². The Bertz CT molecular complexity index is 419. The van der Waals surface area contributed by atoms with E-state index in [0.717, 1.165) is 25.9 Å². The van der Waals surface area contributed by atoms with Crippen LogP contribution in [0.4, 0.5) is 5.82 Å². The second-order valence-electron chi connectivity index (χ2n) is 5.41. The van der Waals surface area contributed by atoms with Crippen molar-refractivity contribution >= 4 is 11.7 Å². The van der Waals surface area contributed by atoms with Gasteiger partial charge >= 0.3 is 0 Å². The van der Waals surface area contributed by atoms with Crippen LogP contribution in [0.15, 0.2) is 12.1 Å². The lowest BCUT2D eigenvalue weighted by molar-refractivity contribution is 0.0945. The van der Waals surface area contributed by atoms with Crippen LogP contribution in [0.3, 0.4) is 0 Å². The van der Waals surface area contributed by atoms with Crippen molar-refractivity contribution in [1.29, 1.82) is 0 Å². The molecule has 0 aliphatic carbocycles. The van der Waals surface area contributed by atoms with Gasteiger partial charge in [-0.05, 0) is 52.4 Å². The number of hydrogen-bond donors (Lipinski definition) is 2. The van der Waals surface area contributed by atoms with Crippen LogP contribution in [-0.4, -0.2) is 53.7 Å². The molecule has 0 saturated heterocycles.